The van der Waals surface area contributed by atoms with Gasteiger partial charge >= 0.3 is 6.36 Å². The lowest BCUT2D eigenvalue weighted by Gasteiger charge is -2.39. The molecule has 2 aliphatic heterocycles. The van der Waals surface area contributed by atoms with Gasteiger partial charge in [0.15, 0.2) is 0 Å². The van der Waals surface area contributed by atoms with E-state index in [-0.39, 0.29) is 18.5 Å². The van der Waals surface area contributed by atoms with E-state index >= 15 is 0 Å². The Hall–Kier alpha value is -1.91. The van der Waals surface area contributed by atoms with Crippen molar-refractivity contribution in [3.63, 3.8) is 0 Å². The zero-order valence-corrected chi connectivity index (χ0v) is 18.2. The summed E-state index contributed by atoms with van der Waals surface area (Å²) in [5.41, 5.74) is 0.315. The van der Waals surface area contributed by atoms with Crippen LogP contribution in [0.25, 0.3) is 0 Å². The van der Waals surface area contributed by atoms with Crippen LogP contribution in [0.15, 0.2) is 12.3 Å². The van der Waals surface area contributed by atoms with Crippen LogP contribution in [0.1, 0.15) is 50.3 Å². The smallest absolute Gasteiger partial charge is 0.404 e. The lowest BCUT2D eigenvalue weighted by atomic mass is 9.78. The summed E-state index contributed by atoms with van der Waals surface area (Å²) in [6, 6.07) is 1.80. The Bertz CT molecular complexity index is 829. The third-order valence-corrected chi connectivity index (χ3v) is 7.00. The van der Waals surface area contributed by atoms with Gasteiger partial charge in [-0.2, -0.15) is 0 Å². The van der Waals surface area contributed by atoms with Crippen LogP contribution in [0.4, 0.5) is 13.2 Å². The molecule has 1 unspecified atom stereocenters. The minimum Gasteiger partial charge on any atom is -0.404 e. The van der Waals surface area contributed by atoms with E-state index in [1.807, 2.05) is 0 Å². The fraction of sp³-hybridized carbons (Fsp3) is 0.727. The van der Waals surface area contributed by atoms with Gasteiger partial charge in [0, 0.05) is 50.5 Å². The number of pyridine rings is 1. The van der Waals surface area contributed by atoms with Crippen molar-refractivity contribution in [1.82, 2.24) is 15.2 Å². The van der Waals surface area contributed by atoms with Gasteiger partial charge in [0.25, 0.3) is 0 Å². The predicted molar refractivity (Wildman–Crippen MR) is 109 cm³/mol. The number of carbonyl (C=O) groups is 1. The highest BCUT2D eigenvalue weighted by Crippen LogP contribution is 2.44. The second-order valence-corrected chi connectivity index (χ2v) is 9.13. The third kappa shape index (κ3) is 5.02. The van der Waals surface area contributed by atoms with Crippen LogP contribution in [-0.4, -0.2) is 65.2 Å². The first-order valence-electron chi connectivity index (χ1n) is 11.2. The monoisotopic (exact) mass is 457 g/mol. The number of hydrogen-bond acceptors (Lipinski definition) is 6. The number of amides is 1. The molecular weight excluding hydrogens is 427 g/mol. The van der Waals surface area contributed by atoms with E-state index in [9.17, 15) is 23.1 Å². The highest BCUT2D eigenvalue weighted by molar-refractivity contribution is 5.84. The molecule has 0 spiro atoms. The van der Waals surface area contributed by atoms with Gasteiger partial charge in [-0.25, -0.2) is 0 Å². The highest BCUT2D eigenvalue weighted by atomic mass is 19.4. The van der Waals surface area contributed by atoms with Crippen LogP contribution in [0.5, 0.6) is 5.75 Å². The maximum atomic E-state index is 13.6. The second kappa shape index (κ2) is 9.15. The summed E-state index contributed by atoms with van der Waals surface area (Å²) in [6.07, 6.45) is -0.332. The summed E-state index contributed by atoms with van der Waals surface area (Å²) < 4.78 is 47.1. The van der Waals surface area contributed by atoms with Crippen LogP contribution >= 0.6 is 0 Å². The molecule has 3 heterocycles. The molecule has 0 radical (unpaired) electrons. The van der Waals surface area contributed by atoms with Crippen LogP contribution < -0.4 is 10.1 Å². The standard InChI is InChI=1S/C22H30F3N3O4/c1-14(29)21(6-2-17(11-21)27-16-4-8-31-9-5-16)20(30)28-7-3-19-15(13-28)10-18(12-26-19)32-22(23,24)25/h10,12,14,16-17,27,29H,2-9,11,13H2,1H3/t14?,17-,21+/m1/s1. The summed E-state index contributed by atoms with van der Waals surface area (Å²) in [6.45, 7) is 3.69. The molecule has 7 nitrogen and oxygen atoms in total. The van der Waals surface area contributed by atoms with Crippen LogP contribution in [-0.2, 0) is 22.5 Å². The van der Waals surface area contributed by atoms with Gasteiger partial charge in [-0.1, -0.05) is 0 Å². The molecule has 32 heavy (non-hydrogen) atoms. The molecule has 10 heteroatoms. The van der Waals surface area contributed by atoms with Crippen molar-refractivity contribution < 1.29 is 32.5 Å². The summed E-state index contributed by atoms with van der Waals surface area (Å²) in [4.78, 5) is 19.3. The van der Waals surface area contributed by atoms with Crippen LogP contribution in [0.3, 0.4) is 0 Å². The van der Waals surface area contributed by atoms with E-state index in [0.717, 1.165) is 38.7 Å². The quantitative estimate of drug-likeness (QED) is 0.707. The Morgan fingerprint density at radius 1 is 1.34 bits per heavy atom. The Morgan fingerprint density at radius 3 is 2.78 bits per heavy atom. The molecule has 3 aliphatic rings. The lowest BCUT2D eigenvalue weighted by molar-refractivity contribution is -0.274. The number of hydrogen-bond donors (Lipinski definition) is 2. The summed E-state index contributed by atoms with van der Waals surface area (Å²) in [5.74, 6) is -0.533. The molecule has 2 N–H and O–H groups in total. The number of nitrogens with zero attached hydrogens (tertiary/aromatic N) is 2. The van der Waals surface area contributed by atoms with Crippen molar-refractivity contribution >= 4 is 5.91 Å². The van der Waals surface area contributed by atoms with Crippen molar-refractivity contribution in [3.8, 4) is 5.75 Å². The minimum absolute atomic E-state index is 0.141. The van der Waals surface area contributed by atoms with Gasteiger partial charge in [-0.15, -0.1) is 13.2 Å². The van der Waals surface area contributed by atoms with E-state index in [1.165, 1.54) is 6.07 Å². The number of aliphatic hydroxyl groups excluding tert-OH is 1. The summed E-state index contributed by atoms with van der Waals surface area (Å²) in [7, 11) is 0. The summed E-state index contributed by atoms with van der Waals surface area (Å²) >= 11 is 0. The van der Waals surface area contributed by atoms with Gasteiger partial charge in [0.2, 0.25) is 5.91 Å². The van der Waals surface area contributed by atoms with Gasteiger partial charge in [0.1, 0.15) is 5.75 Å². The van der Waals surface area contributed by atoms with Crippen LogP contribution in [0.2, 0.25) is 0 Å². The number of alkyl halides is 3. The van der Waals surface area contributed by atoms with E-state index in [1.54, 1.807) is 11.8 Å². The zero-order chi connectivity index (χ0) is 22.9. The number of aromatic nitrogens is 1. The number of fused-ring (bicyclic) bond motifs is 1. The topological polar surface area (TPSA) is 83.9 Å². The number of aliphatic hydroxyl groups is 1. The largest absolute Gasteiger partial charge is 0.573 e. The second-order valence-electron chi connectivity index (χ2n) is 9.13. The molecule has 1 aliphatic carbocycles. The number of rotatable bonds is 5. The van der Waals surface area contributed by atoms with E-state index in [0.29, 0.717) is 43.1 Å². The molecule has 1 saturated heterocycles. The molecule has 178 valence electrons. The van der Waals surface area contributed by atoms with E-state index < -0.39 is 23.6 Å². The average Bonchev–Trinajstić information content (AvgIpc) is 3.17. The van der Waals surface area contributed by atoms with Crippen molar-refractivity contribution in [2.75, 3.05) is 19.8 Å². The predicted octanol–water partition coefficient (Wildman–Crippen LogP) is 2.55. The van der Waals surface area contributed by atoms with Crippen molar-refractivity contribution in [3.05, 3.63) is 23.5 Å². The molecular formula is C22H30F3N3O4. The lowest BCUT2D eigenvalue weighted by Crippen LogP contribution is -2.51. The maximum absolute atomic E-state index is 13.6. The number of nitrogens with one attached hydrogen (secondary N) is 1. The first-order chi connectivity index (χ1) is 15.2. The van der Waals surface area contributed by atoms with E-state index in [2.05, 4.69) is 15.0 Å². The highest BCUT2D eigenvalue weighted by Gasteiger charge is 2.51. The molecule has 1 aromatic rings. The maximum Gasteiger partial charge on any atom is 0.573 e. The SMILES string of the molecule is CC(O)[C@]1(C(=O)N2CCc3ncc(OC(F)(F)F)cc3C2)CC[C@@H](NC2CCOCC2)C1. The first kappa shape index (κ1) is 23.3. The number of halogens is 3. The Morgan fingerprint density at radius 2 is 2.09 bits per heavy atom. The van der Waals surface area contributed by atoms with E-state index in [4.69, 9.17) is 4.74 Å². The first-order valence-corrected chi connectivity index (χ1v) is 11.2. The third-order valence-electron chi connectivity index (χ3n) is 7.00. The molecule has 1 amide bonds. The van der Waals surface area contributed by atoms with Gasteiger partial charge in [-0.05, 0) is 50.7 Å². The fourth-order valence-corrected chi connectivity index (χ4v) is 5.25. The zero-order valence-electron chi connectivity index (χ0n) is 18.2. The van der Waals surface area contributed by atoms with Crippen molar-refractivity contribution in [1.29, 1.82) is 0 Å². The van der Waals surface area contributed by atoms with Gasteiger partial charge in [0.05, 0.1) is 17.7 Å². The molecule has 1 saturated carbocycles. The van der Waals surface area contributed by atoms with Gasteiger partial charge in [-0.3, -0.25) is 9.78 Å². The van der Waals surface area contributed by atoms with Crippen molar-refractivity contribution in [2.45, 2.75) is 76.5 Å². The molecule has 0 bridgehead atoms. The molecule has 0 aromatic carbocycles. The molecule has 1 aromatic heterocycles. The number of carbonyl (C=O) groups excluding carboxylic acids is 1. The Labute approximate surface area is 185 Å². The molecule has 2 fully saturated rings. The average molecular weight is 457 g/mol. The Kier molecular flexibility index (Phi) is 6.65. The minimum atomic E-state index is -4.80. The normalized spacial score (nSPS) is 27.8. The molecule has 4 rings (SSSR count). The Balaban J connectivity index is 1.46. The van der Waals surface area contributed by atoms with Gasteiger partial charge < -0.3 is 24.8 Å². The van der Waals surface area contributed by atoms with Crippen molar-refractivity contribution in [2.24, 2.45) is 5.41 Å². The summed E-state index contributed by atoms with van der Waals surface area (Å²) in [5, 5.41) is 14.3. The van der Waals surface area contributed by atoms with Crippen LogP contribution in [0, 0.1) is 5.41 Å². The number of ether oxygens (including phenoxy) is 2. The molecule has 3 atom stereocenters. The fourth-order valence-electron chi connectivity index (χ4n) is 5.25.